The van der Waals surface area contributed by atoms with Gasteiger partial charge in [0.1, 0.15) is 29.9 Å². The summed E-state index contributed by atoms with van der Waals surface area (Å²) in [5, 5.41) is 9.50. The number of nitriles is 1. The Bertz CT molecular complexity index is 2060. The number of likely N-dealkylation sites (N-methyl/N-ethyl adjacent to an activating group) is 1. The molecule has 2 heterocycles. The summed E-state index contributed by atoms with van der Waals surface area (Å²) in [5.74, 6) is 1.42. The number of carbonyl (C=O) groups is 1. The smallest absolute Gasteiger partial charge is 0.271 e. The molecule has 0 saturated heterocycles. The highest BCUT2D eigenvalue weighted by Gasteiger charge is 2.36. The standard InChI is InChI=1S/C35H33BrN4O5S/c1-6-39(7-2)34(42)31-21(3)38-35-40(32(31)27-18-26(43-4)13-15-29(27)44-5)33(41)30(46-35)17-24-16-25(36)12-14-28(24)45-20-23-11-9-8-10-22(23)19-37/h8-18,32H,6-7,20H2,1-5H3/b30-17+/t32-/m0/s1. The van der Waals surface area contributed by atoms with Crippen molar-refractivity contribution < 1.29 is 19.0 Å². The van der Waals surface area contributed by atoms with Crippen LogP contribution in [0, 0.1) is 11.3 Å². The molecule has 0 bridgehead atoms. The van der Waals surface area contributed by atoms with Crippen molar-refractivity contribution in [3.8, 4) is 23.3 Å². The van der Waals surface area contributed by atoms with Crippen molar-refractivity contribution in [3.05, 3.63) is 118 Å². The van der Waals surface area contributed by atoms with E-state index < -0.39 is 6.04 Å². The molecule has 0 fully saturated rings. The van der Waals surface area contributed by atoms with Crippen LogP contribution in [0.2, 0.25) is 0 Å². The molecule has 0 saturated carbocycles. The summed E-state index contributed by atoms with van der Waals surface area (Å²) < 4.78 is 20.2. The molecule has 46 heavy (non-hydrogen) atoms. The van der Waals surface area contributed by atoms with E-state index in [1.807, 2.05) is 50.2 Å². The minimum absolute atomic E-state index is 0.180. The maximum atomic E-state index is 14.4. The van der Waals surface area contributed by atoms with Gasteiger partial charge in [-0.3, -0.25) is 14.2 Å². The second kappa shape index (κ2) is 14.2. The monoisotopic (exact) mass is 700 g/mol. The Hall–Kier alpha value is -4.66. The van der Waals surface area contributed by atoms with Crippen LogP contribution in [0.3, 0.4) is 0 Å². The van der Waals surface area contributed by atoms with Crippen LogP contribution in [0.1, 0.15) is 49.1 Å². The van der Waals surface area contributed by atoms with Gasteiger partial charge < -0.3 is 19.1 Å². The van der Waals surface area contributed by atoms with Crippen molar-refractivity contribution in [2.24, 2.45) is 4.99 Å². The average molecular weight is 702 g/mol. The zero-order valence-corrected chi connectivity index (χ0v) is 28.6. The molecular formula is C35H33BrN4O5S. The lowest BCUT2D eigenvalue weighted by atomic mass is 9.93. The SMILES string of the molecule is CCN(CC)C(=O)C1=C(C)N=c2s/c(=C/c3cc(Br)ccc3OCc3ccccc3C#N)c(=O)n2[C@H]1c1cc(OC)ccc1OC. The number of ether oxygens (including phenoxy) is 3. The van der Waals surface area contributed by atoms with Crippen LogP contribution < -0.4 is 29.1 Å². The van der Waals surface area contributed by atoms with Gasteiger partial charge >= 0.3 is 0 Å². The Balaban J connectivity index is 1.69. The second-order valence-corrected chi connectivity index (χ2v) is 12.3. The molecule has 1 aliphatic rings. The minimum atomic E-state index is -0.808. The van der Waals surface area contributed by atoms with Crippen molar-refractivity contribution in [2.75, 3.05) is 27.3 Å². The molecule has 1 amide bonds. The number of aromatic nitrogens is 1. The molecule has 11 heteroatoms. The van der Waals surface area contributed by atoms with Gasteiger partial charge in [-0.25, -0.2) is 4.99 Å². The minimum Gasteiger partial charge on any atom is -0.497 e. The number of fused-ring (bicyclic) bond motifs is 1. The molecule has 0 N–H and O–H groups in total. The Kier molecular flexibility index (Phi) is 10.1. The lowest BCUT2D eigenvalue weighted by Gasteiger charge is -2.30. The summed E-state index contributed by atoms with van der Waals surface area (Å²) in [6.07, 6.45) is 1.77. The van der Waals surface area contributed by atoms with Crippen molar-refractivity contribution in [2.45, 2.75) is 33.4 Å². The second-order valence-electron chi connectivity index (χ2n) is 10.4. The normalized spacial score (nSPS) is 14.3. The van der Waals surface area contributed by atoms with Gasteiger partial charge in [-0.15, -0.1) is 0 Å². The van der Waals surface area contributed by atoms with Crippen molar-refractivity contribution in [3.63, 3.8) is 0 Å². The van der Waals surface area contributed by atoms with Crippen LogP contribution in [0.5, 0.6) is 17.2 Å². The number of rotatable bonds is 10. The van der Waals surface area contributed by atoms with E-state index in [1.165, 1.54) is 11.3 Å². The van der Waals surface area contributed by atoms with Crippen LogP contribution in [0.25, 0.3) is 6.08 Å². The van der Waals surface area contributed by atoms with Gasteiger partial charge in [0.2, 0.25) is 0 Å². The summed E-state index contributed by atoms with van der Waals surface area (Å²) >= 11 is 4.78. The van der Waals surface area contributed by atoms with E-state index in [-0.39, 0.29) is 18.1 Å². The first kappa shape index (κ1) is 32.7. The predicted molar refractivity (Wildman–Crippen MR) is 181 cm³/mol. The van der Waals surface area contributed by atoms with Gasteiger partial charge in [0.25, 0.3) is 11.5 Å². The number of halogens is 1. The lowest BCUT2D eigenvalue weighted by Crippen LogP contribution is -2.43. The number of allylic oxidation sites excluding steroid dienone is 1. The molecule has 236 valence electrons. The first-order valence-corrected chi connectivity index (χ1v) is 16.3. The van der Waals surface area contributed by atoms with Crippen LogP contribution in [0.15, 0.2) is 86.2 Å². The van der Waals surface area contributed by atoms with Gasteiger partial charge in [0.05, 0.1) is 41.7 Å². The molecule has 9 nitrogen and oxygen atoms in total. The molecule has 0 radical (unpaired) electrons. The first-order valence-electron chi connectivity index (χ1n) is 14.7. The highest BCUT2D eigenvalue weighted by molar-refractivity contribution is 9.10. The summed E-state index contributed by atoms with van der Waals surface area (Å²) in [7, 11) is 3.12. The number of methoxy groups -OCH3 is 2. The highest BCUT2D eigenvalue weighted by atomic mass is 79.9. The number of hydrogen-bond acceptors (Lipinski definition) is 8. The fourth-order valence-electron chi connectivity index (χ4n) is 5.44. The van der Waals surface area contributed by atoms with Crippen LogP contribution in [-0.2, 0) is 11.4 Å². The molecule has 1 aromatic heterocycles. The topological polar surface area (TPSA) is 106 Å². The quantitative estimate of drug-likeness (QED) is 0.221. The third-order valence-electron chi connectivity index (χ3n) is 7.81. The average Bonchev–Trinajstić information content (AvgIpc) is 3.37. The highest BCUT2D eigenvalue weighted by Crippen LogP contribution is 2.38. The van der Waals surface area contributed by atoms with Gasteiger partial charge in [0.15, 0.2) is 4.80 Å². The number of amides is 1. The summed E-state index contributed by atoms with van der Waals surface area (Å²) in [5.41, 5.74) is 3.19. The fraction of sp³-hybridized carbons (Fsp3) is 0.257. The lowest BCUT2D eigenvalue weighted by molar-refractivity contribution is -0.127. The Morgan fingerprint density at radius 2 is 1.83 bits per heavy atom. The van der Waals surface area contributed by atoms with E-state index in [4.69, 9.17) is 19.2 Å². The van der Waals surface area contributed by atoms with Gasteiger partial charge in [-0.2, -0.15) is 5.26 Å². The van der Waals surface area contributed by atoms with Crippen molar-refractivity contribution >= 4 is 39.2 Å². The number of benzene rings is 3. The Labute approximate surface area is 279 Å². The molecule has 3 aromatic carbocycles. The molecule has 1 aliphatic heterocycles. The molecule has 0 aliphatic carbocycles. The Morgan fingerprint density at radius 3 is 2.52 bits per heavy atom. The van der Waals surface area contributed by atoms with E-state index in [1.54, 1.807) is 61.0 Å². The predicted octanol–water partition coefficient (Wildman–Crippen LogP) is 5.33. The first-order chi connectivity index (χ1) is 22.2. The number of nitrogens with zero attached hydrogens (tertiary/aromatic N) is 4. The molecule has 4 aromatic rings. The summed E-state index contributed by atoms with van der Waals surface area (Å²) in [6, 6.07) is 19.5. The van der Waals surface area contributed by atoms with Crippen molar-refractivity contribution in [1.29, 1.82) is 5.26 Å². The van der Waals surface area contributed by atoms with Gasteiger partial charge in [-0.05, 0) is 69.3 Å². The molecular weight excluding hydrogens is 668 g/mol. The van der Waals surface area contributed by atoms with Crippen LogP contribution in [-0.4, -0.2) is 42.7 Å². The zero-order valence-electron chi connectivity index (χ0n) is 26.2. The van der Waals surface area contributed by atoms with Crippen LogP contribution in [0.4, 0.5) is 0 Å². The number of carbonyl (C=O) groups excluding carboxylic acids is 1. The third kappa shape index (κ3) is 6.36. The molecule has 1 atom stereocenters. The van der Waals surface area contributed by atoms with E-state index in [0.717, 1.165) is 10.0 Å². The zero-order chi connectivity index (χ0) is 33.0. The summed E-state index contributed by atoms with van der Waals surface area (Å²) in [6.45, 7) is 6.83. The maximum Gasteiger partial charge on any atom is 0.271 e. The van der Waals surface area contributed by atoms with E-state index in [0.29, 0.717) is 67.6 Å². The van der Waals surface area contributed by atoms with E-state index >= 15 is 0 Å². The summed E-state index contributed by atoms with van der Waals surface area (Å²) in [4.78, 5) is 35.4. The van der Waals surface area contributed by atoms with E-state index in [2.05, 4.69) is 22.0 Å². The van der Waals surface area contributed by atoms with E-state index in [9.17, 15) is 14.9 Å². The van der Waals surface area contributed by atoms with Crippen LogP contribution >= 0.6 is 27.3 Å². The van der Waals surface area contributed by atoms with Gasteiger partial charge in [-0.1, -0.05) is 45.5 Å². The largest absolute Gasteiger partial charge is 0.497 e. The van der Waals surface area contributed by atoms with Crippen molar-refractivity contribution in [1.82, 2.24) is 9.47 Å². The number of thiazole rings is 1. The molecule has 0 unspecified atom stereocenters. The molecule has 5 rings (SSSR count). The third-order valence-corrected chi connectivity index (χ3v) is 9.29. The van der Waals surface area contributed by atoms with Gasteiger partial charge in [0, 0.05) is 34.3 Å². The molecule has 0 spiro atoms. The fourth-order valence-corrected chi connectivity index (χ4v) is 6.86. The Morgan fingerprint density at radius 1 is 1.09 bits per heavy atom. The maximum absolute atomic E-state index is 14.4. The number of hydrogen-bond donors (Lipinski definition) is 0.